The Balaban J connectivity index is 0.950. The minimum atomic E-state index is -1.93. The summed E-state index contributed by atoms with van der Waals surface area (Å²) < 4.78 is 16.2. The number of rotatable bonds is 18. The van der Waals surface area contributed by atoms with E-state index >= 15 is 0 Å². The average Bonchev–Trinajstić information content (AvgIpc) is 3.27. The molecule has 3 aromatic carbocycles. The predicted octanol–water partition coefficient (Wildman–Crippen LogP) is 1.86. The number of carboxylic acids is 1. The summed E-state index contributed by atoms with van der Waals surface area (Å²) in [7, 11) is 0. The van der Waals surface area contributed by atoms with Gasteiger partial charge in [-0.15, -0.1) is 0 Å². The number of aromatic nitrogens is 1. The quantitative estimate of drug-likeness (QED) is 0.0510. The number of nitrogens with zero attached hydrogens (tertiary/aromatic N) is 2. The Morgan fingerprint density at radius 2 is 1.61 bits per heavy atom. The first-order chi connectivity index (χ1) is 29.8. The van der Waals surface area contributed by atoms with Crippen molar-refractivity contribution in [2.75, 3.05) is 47.4 Å². The van der Waals surface area contributed by atoms with Gasteiger partial charge in [-0.1, -0.05) is 25.0 Å². The molecule has 5 atom stereocenters. The van der Waals surface area contributed by atoms with Crippen LogP contribution >= 0.6 is 0 Å². The number of ether oxygens (including phenoxy) is 3. The number of hydrogen-bond donors (Lipinski definition) is 9. The zero-order valence-electron chi connectivity index (χ0n) is 33.5. The number of pyridine rings is 1. The lowest BCUT2D eigenvalue weighted by molar-refractivity contribution is -0.271. The zero-order chi connectivity index (χ0) is 44.3. The monoisotopic (exact) mass is 859 g/mol. The molecule has 1 aromatic heterocycles. The number of amides is 3. The third-order valence-electron chi connectivity index (χ3n) is 10.6. The molecule has 62 heavy (non-hydrogen) atoms. The van der Waals surface area contributed by atoms with E-state index in [0.717, 1.165) is 32.1 Å². The predicted molar refractivity (Wildman–Crippen MR) is 224 cm³/mol. The largest absolute Gasteiger partial charge is 0.479 e. The fourth-order valence-corrected chi connectivity index (χ4v) is 7.16. The Kier molecular flexibility index (Phi) is 15.2. The molecule has 3 heterocycles. The van der Waals surface area contributed by atoms with Gasteiger partial charge in [-0.25, -0.2) is 9.59 Å². The highest BCUT2D eigenvalue weighted by molar-refractivity contribution is 5.96. The number of nitrogens with one attached hydrogen (secondary N) is 4. The van der Waals surface area contributed by atoms with E-state index < -0.39 is 59.5 Å². The van der Waals surface area contributed by atoms with Crippen molar-refractivity contribution >= 4 is 52.3 Å². The fraction of sp³-hybridized carbons (Fsp3) is 0.405. The first kappa shape index (κ1) is 45.1. The summed E-state index contributed by atoms with van der Waals surface area (Å²) in [6.45, 7) is 1.45. The minimum Gasteiger partial charge on any atom is -0.479 e. The van der Waals surface area contributed by atoms with Crippen molar-refractivity contribution in [2.24, 2.45) is 11.7 Å². The summed E-state index contributed by atoms with van der Waals surface area (Å²) in [5, 5.41) is 51.2. The van der Waals surface area contributed by atoms with Gasteiger partial charge in [-0.05, 0) is 73.2 Å². The number of piperidine rings is 1. The summed E-state index contributed by atoms with van der Waals surface area (Å²) in [6.07, 6.45) is -2.72. The van der Waals surface area contributed by atoms with Crippen molar-refractivity contribution in [3.63, 3.8) is 0 Å². The number of carbonyl (C=O) groups is 4. The van der Waals surface area contributed by atoms with Crippen LogP contribution in [0.3, 0.4) is 0 Å². The molecule has 0 saturated carbocycles. The van der Waals surface area contributed by atoms with E-state index in [-0.39, 0.29) is 42.6 Å². The van der Waals surface area contributed by atoms with Crippen LogP contribution in [0.15, 0.2) is 76.6 Å². The Morgan fingerprint density at radius 3 is 2.34 bits per heavy atom. The number of anilines is 5. The van der Waals surface area contributed by atoms with Gasteiger partial charge in [0.25, 0.3) is 16.8 Å². The number of benzene rings is 2. The number of aliphatic hydroxyl groups excluding tert-OH is 3. The first-order valence-electron chi connectivity index (χ1n) is 20.1. The second-order valence-corrected chi connectivity index (χ2v) is 15.0. The molecule has 2 saturated heterocycles. The van der Waals surface area contributed by atoms with Crippen LogP contribution in [0.1, 0.15) is 54.4 Å². The third-order valence-corrected chi connectivity index (χ3v) is 10.6. The Bertz CT molecular complexity index is 2280. The van der Waals surface area contributed by atoms with Crippen molar-refractivity contribution < 1.29 is 53.8 Å². The maximum Gasteiger partial charge on any atom is 0.411 e. The second kappa shape index (κ2) is 20.9. The number of carboxylic acid groups (broad SMARTS) is 1. The minimum absolute atomic E-state index is 0.0240. The van der Waals surface area contributed by atoms with Crippen LogP contribution in [-0.4, -0.2) is 111 Å². The van der Waals surface area contributed by atoms with E-state index in [1.54, 1.807) is 53.7 Å². The SMILES string of the molecule is NCCC(=O)Nc1cc(COC(=O)Nc2cccc(C(=O)N3CCC(CCCCNc4c(Nc5ccncc5)c(=O)c4=O)CC3)c2)ccc1O[C@@H]1O[C@H](C(=O)O)[C@@H](O)[C@H](O)[C@H]1O. The Morgan fingerprint density at radius 1 is 0.871 bits per heavy atom. The molecule has 20 heteroatoms. The second-order valence-electron chi connectivity index (χ2n) is 15.0. The molecular formula is C42H49N7O13. The lowest BCUT2D eigenvalue weighted by atomic mass is 9.91. The molecule has 0 radical (unpaired) electrons. The van der Waals surface area contributed by atoms with Crippen molar-refractivity contribution in [2.45, 2.75) is 75.8 Å². The van der Waals surface area contributed by atoms with Crippen molar-refractivity contribution in [3.8, 4) is 5.75 Å². The number of hydrogen-bond acceptors (Lipinski definition) is 16. The number of likely N-dealkylation sites (tertiary alicyclic amines) is 1. The molecule has 330 valence electrons. The van der Waals surface area contributed by atoms with Gasteiger partial charge in [0.1, 0.15) is 42.0 Å². The van der Waals surface area contributed by atoms with Crippen LogP contribution in [-0.2, 0) is 25.7 Å². The average molecular weight is 860 g/mol. The summed E-state index contributed by atoms with van der Waals surface area (Å²) in [6, 6.07) is 14.1. The topological polar surface area (TPSA) is 301 Å². The van der Waals surface area contributed by atoms with Crippen LogP contribution in [0.2, 0.25) is 0 Å². The van der Waals surface area contributed by atoms with Gasteiger partial charge in [0.2, 0.25) is 12.2 Å². The molecule has 0 aliphatic carbocycles. The highest BCUT2D eigenvalue weighted by atomic mass is 16.7. The molecule has 6 rings (SSSR count). The van der Waals surface area contributed by atoms with Crippen LogP contribution in [0.4, 0.5) is 33.2 Å². The Hall–Kier alpha value is -6.45. The van der Waals surface area contributed by atoms with Crippen LogP contribution in [0, 0.1) is 5.92 Å². The van der Waals surface area contributed by atoms with Gasteiger partial charge in [0, 0.05) is 61.9 Å². The summed E-state index contributed by atoms with van der Waals surface area (Å²) >= 11 is 0. The van der Waals surface area contributed by atoms with E-state index in [1.807, 2.05) is 0 Å². The van der Waals surface area contributed by atoms with E-state index in [1.165, 1.54) is 18.2 Å². The van der Waals surface area contributed by atoms with E-state index in [4.69, 9.17) is 19.9 Å². The standard InChI is InChI=1S/C42H49N7O13/c43-14-9-30(50)48-28-20-24(7-8-29(28)61-41-37(55)35(53)36(54)38(62-41)40(57)58)22-60-42(59)47-27-6-3-5-25(21-27)39(56)49-18-12-23(13-19-49)4-1-2-15-45-31-32(34(52)33(31)51)46-26-10-16-44-17-11-26/h3,5-8,10-11,16-17,20-21,23,35-38,41,45,53-55H,1-2,4,9,12-15,18-19,22,43H2,(H,44,46)(H,47,59)(H,48,50)(H,57,58)/t35-,36-,37+,38-,41+/m0/s1. The van der Waals surface area contributed by atoms with Crippen molar-refractivity contribution in [1.82, 2.24) is 9.88 Å². The molecule has 0 unspecified atom stereocenters. The molecular weight excluding hydrogens is 810 g/mol. The smallest absolute Gasteiger partial charge is 0.411 e. The molecule has 10 N–H and O–H groups in total. The van der Waals surface area contributed by atoms with Gasteiger partial charge in [-0.2, -0.15) is 0 Å². The lowest BCUT2D eigenvalue weighted by Gasteiger charge is -2.38. The highest BCUT2D eigenvalue weighted by Crippen LogP contribution is 2.32. The van der Waals surface area contributed by atoms with Gasteiger partial charge >= 0.3 is 12.1 Å². The lowest BCUT2D eigenvalue weighted by Crippen LogP contribution is -2.61. The molecule has 0 spiro atoms. The summed E-state index contributed by atoms with van der Waals surface area (Å²) in [5.41, 5.74) is 6.78. The van der Waals surface area contributed by atoms with Gasteiger partial charge in [0.05, 0.1) is 5.69 Å². The number of aliphatic hydroxyl groups is 3. The Labute approximate surface area is 354 Å². The first-order valence-corrected chi connectivity index (χ1v) is 20.1. The van der Waals surface area contributed by atoms with Gasteiger partial charge < -0.3 is 61.2 Å². The maximum atomic E-state index is 13.4. The zero-order valence-corrected chi connectivity index (χ0v) is 33.5. The van der Waals surface area contributed by atoms with Crippen LogP contribution < -0.4 is 42.6 Å². The van der Waals surface area contributed by atoms with Gasteiger partial charge in [0.15, 0.2) is 6.10 Å². The summed E-state index contributed by atoms with van der Waals surface area (Å²) in [5.74, 6) is -1.94. The maximum absolute atomic E-state index is 13.4. The summed E-state index contributed by atoms with van der Waals surface area (Å²) in [4.78, 5) is 80.2. The molecule has 2 fully saturated rings. The molecule has 4 aromatic rings. The molecule has 3 amide bonds. The fourth-order valence-electron chi connectivity index (χ4n) is 7.16. The number of nitrogens with two attached hydrogens (primary N) is 1. The molecule has 20 nitrogen and oxygen atoms in total. The number of carbonyl (C=O) groups excluding carboxylic acids is 3. The van der Waals surface area contributed by atoms with E-state index in [2.05, 4.69) is 26.3 Å². The van der Waals surface area contributed by atoms with Crippen molar-refractivity contribution in [3.05, 3.63) is 98.6 Å². The number of unbranched alkanes of at least 4 members (excludes halogenated alkanes) is 1. The van der Waals surface area contributed by atoms with Crippen LogP contribution in [0.25, 0.3) is 0 Å². The van der Waals surface area contributed by atoms with Crippen molar-refractivity contribution in [1.29, 1.82) is 0 Å². The van der Waals surface area contributed by atoms with E-state index in [9.17, 15) is 49.2 Å². The molecule has 0 bridgehead atoms. The number of aliphatic carboxylic acids is 1. The van der Waals surface area contributed by atoms with Crippen LogP contribution in [0.5, 0.6) is 5.75 Å². The molecule has 2 aliphatic rings. The molecule has 2 aliphatic heterocycles. The highest BCUT2D eigenvalue weighted by Gasteiger charge is 2.48. The normalized spacial score (nSPS) is 20.3. The third kappa shape index (κ3) is 11.3. The van der Waals surface area contributed by atoms with Gasteiger partial charge in [-0.3, -0.25) is 29.5 Å². The van der Waals surface area contributed by atoms with E-state index in [0.29, 0.717) is 53.7 Å².